The first-order valence-corrected chi connectivity index (χ1v) is 5.03. The van der Waals surface area contributed by atoms with Crippen LogP contribution in [-0.4, -0.2) is 22.6 Å². The summed E-state index contributed by atoms with van der Waals surface area (Å²) >= 11 is 0. The number of nitrogens with two attached hydrogens (primary N) is 2. The molecule has 0 fully saturated rings. The Balaban J connectivity index is 2.75. The second-order valence-electron chi connectivity index (χ2n) is 4.13. The molecular weight excluding hydrogens is 220 g/mol. The molecule has 7 N–H and O–H groups in total. The summed E-state index contributed by atoms with van der Waals surface area (Å²) in [6, 6.07) is 6.93. The van der Waals surface area contributed by atoms with Gasteiger partial charge in [-0.1, -0.05) is 12.1 Å². The predicted octanol–water partition coefficient (Wildman–Crippen LogP) is 0.336. The molecule has 0 saturated carbocycles. The lowest BCUT2D eigenvalue weighted by atomic mass is 9.94. The van der Waals surface area contributed by atoms with Crippen LogP contribution in [0, 0.1) is 5.41 Å². The monoisotopic (exact) mass is 236 g/mol. The Labute approximate surface area is 99.1 Å². The summed E-state index contributed by atoms with van der Waals surface area (Å²) in [6.45, 7) is 1.47. The molecular formula is C11H16N4O2. The molecule has 0 aliphatic carbocycles. The highest BCUT2D eigenvalue weighted by Crippen LogP contribution is 2.14. The topological polar surface area (TPSA) is 125 Å². The molecule has 92 valence electrons. The van der Waals surface area contributed by atoms with Gasteiger partial charge in [-0.3, -0.25) is 10.2 Å². The number of guanidine groups is 1. The predicted molar refractivity (Wildman–Crippen MR) is 65.9 cm³/mol. The average molecular weight is 236 g/mol. The van der Waals surface area contributed by atoms with Gasteiger partial charge in [0.25, 0.3) is 0 Å². The molecule has 0 aliphatic rings. The van der Waals surface area contributed by atoms with E-state index in [2.05, 4.69) is 5.32 Å². The molecule has 0 saturated heterocycles. The van der Waals surface area contributed by atoms with Crippen LogP contribution in [0.4, 0.5) is 5.69 Å². The number of rotatable bonds is 4. The fraction of sp³-hybridized carbons (Fsp3) is 0.273. The molecule has 0 heterocycles. The summed E-state index contributed by atoms with van der Waals surface area (Å²) in [5, 5.41) is 18.6. The van der Waals surface area contributed by atoms with Crippen molar-refractivity contribution < 1.29 is 9.90 Å². The SMILES string of the molecule is C[C@](N)(Cc1ccc(NC(=N)N)cc1)C(=O)O. The van der Waals surface area contributed by atoms with Crippen LogP contribution < -0.4 is 16.8 Å². The highest BCUT2D eigenvalue weighted by atomic mass is 16.4. The number of aliphatic carboxylic acids is 1. The molecule has 0 bridgehead atoms. The molecule has 0 spiro atoms. The van der Waals surface area contributed by atoms with Crippen LogP contribution in [0.3, 0.4) is 0 Å². The number of benzene rings is 1. The van der Waals surface area contributed by atoms with Crippen molar-refractivity contribution in [3.05, 3.63) is 29.8 Å². The zero-order chi connectivity index (χ0) is 13.1. The van der Waals surface area contributed by atoms with E-state index in [9.17, 15) is 4.79 Å². The van der Waals surface area contributed by atoms with Crippen molar-refractivity contribution in [1.29, 1.82) is 5.41 Å². The third-order valence-electron chi connectivity index (χ3n) is 2.29. The second kappa shape index (κ2) is 4.84. The van der Waals surface area contributed by atoms with E-state index < -0.39 is 11.5 Å². The maximum absolute atomic E-state index is 10.9. The normalized spacial score (nSPS) is 13.8. The molecule has 1 aromatic carbocycles. The average Bonchev–Trinajstić information content (AvgIpc) is 2.19. The minimum absolute atomic E-state index is 0.146. The van der Waals surface area contributed by atoms with Crippen LogP contribution >= 0.6 is 0 Å². The van der Waals surface area contributed by atoms with E-state index >= 15 is 0 Å². The Bertz CT molecular complexity index is 426. The number of nitrogens with one attached hydrogen (secondary N) is 2. The van der Waals surface area contributed by atoms with Gasteiger partial charge >= 0.3 is 5.97 Å². The van der Waals surface area contributed by atoms with Gasteiger partial charge in [0.1, 0.15) is 5.54 Å². The zero-order valence-electron chi connectivity index (χ0n) is 9.53. The third kappa shape index (κ3) is 3.76. The highest BCUT2D eigenvalue weighted by Gasteiger charge is 2.27. The van der Waals surface area contributed by atoms with Crippen LogP contribution in [0.1, 0.15) is 12.5 Å². The fourth-order valence-electron chi connectivity index (χ4n) is 1.36. The largest absolute Gasteiger partial charge is 0.480 e. The Morgan fingerprint density at radius 1 is 1.47 bits per heavy atom. The van der Waals surface area contributed by atoms with E-state index in [1.54, 1.807) is 24.3 Å². The van der Waals surface area contributed by atoms with Gasteiger partial charge < -0.3 is 21.9 Å². The van der Waals surface area contributed by atoms with Crippen molar-refractivity contribution in [2.75, 3.05) is 5.32 Å². The molecule has 1 atom stereocenters. The van der Waals surface area contributed by atoms with Gasteiger partial charge in [-0.25, -0.2) is 0 Å². The summed E-state index contributed by atoms with van der Waals surface area (Å²) in [7, 11) is 0. The van der Waals surface area contributed by atoms with E-state index in [-0.39, 0.29) is 12.4 Å². The van der Waals surface area contributed by atoms with E-state index in [0.29, 0.717) is 5.69 Å². The summed E-state index contributed by atoms with van der Waals surface area (Å²) in [5.41, 5.74) is 11.0. The maximum Gasteiger partial charge on any atom is 0.323 e. The lowest BCUT2D eigenvalue weighted by Crippen LogP contribution is -2.46. The first-order valence-electron chi connectivity index (χ1n) is 5.03. The van der Waals surface area contributed by atoms with Crippen molar-refractivity contribution in [1.82, 2.24) is 0 Å². The van der Waals surface area contributed by atoms with Gasteiger partial charge in [0.05, 0.1) is 0 Å². The third-order valence-corrected chi connectivity index (χ3v) is 2.29. The fourth-order valence-corrected chi connectivity index (χ4v) is 1.36. The summed E-state index contributed by atoms with van der Waals surface area (Å²) < 4.78 is 0. The van der Waals surface area contributed by atoms with Crippen molar-refractivity contribution in [2.45, 2.75) is 18.9 Å². The molecule has 1 aromatic rings. The van der Waals surface area contributed by atoms with Crippen LogP contribution in [0.5, 0.6) is 0 Å². The first-order chi connectivity index (χ1) is 7.81. The van der Waals surface area contributed by atoms with Gasteiger partial charge in [0.2, 0.25) is 0 Å². The van der Waals surface area contributed by atoms with Gasteiger partial charge in [-0.15, -0.1) is 0 Å². The zero-order valence-corrected chi connectivity index (χ0v) is 9.53. The standard InChI is InChI=1S/C11H16N4O2/c1-11(14,9(16)17)6-7-2-4-8(5-3-7)15-10(12)13/h2-5H,6,14H2,1H3,(H,16,17)(H4,12,13,15)/t11-/m0/s1. The summed E-state index contributed by atoms with van der Waals surface area (Å²) in [4.78, 5) is 10.9. The lowest BCUT2D eigenvalue weighted by Gasteiger charge is -2.19. The quantitative estimate of drug-likeness (QED) is 0.380. The number of hydrogen-bond acceptors (Lipinski definition) is 3. The minimum atomic E-state index is -1.28. The van der Waals surface area contributed by atoms with Gasteiger partial charge in [-0.05, 0) is 24.6 Å². The second-order valence-corrected chi connectivity index (χ2v) is 4.13. The van der Waals surface area contributed by atoms with Gasteiger partial charge in [0.15, 0.2) is 5.96 Å². The highest BCUT2D eigenvalue weighted by molar-refractivity contribution is 5.89. The van der Waals surface area contributed by atoms with E-state index in [1.165, 1.54) is 6.92 Å². The molecule has 0 amide bonds. The minimum Gasteiger partial charge on any atom is -0.480 e. The lowest BCUT2D eigenvalue weighted by molar-refractivity contribution is -0.142. The number of anilines is 1. The van der Waals surface area contributed by atoms with Crippen LogP contribution in [-0.2, 0) is 11.2 Å². The van der Waals surface area contributed by atoms with Crippen LogP contribution in [0.2, 0.25) is 0 Å². The Hall–Kier alpha value is -2.08. The van der Waals surface area contributed by atoms with Gasteiger partial charge in [0, 0.05) is 12.1 Å². The van der Waals surface area contributed by atoms with Crippen molar-refractivity contribution in [3.8, 4) is 0 Å². The summed E-state index contributed by atoms with van der Waals surface area (Å²) in [5.74, 6) is -1.18. The van der Waals surface area contributed by atoms with E-state index in [4.69, 9.17) is 22.0 Å². The molecule has 0 aliphatic heterocycles. The number of hydrogen-bond donors (Lipinski definition) is 5. The maximum atomic E-state index is 10.9. The molecule has 0 radical (unpaired) electrons. The molecule has 6 nitrogen and oxygen atoms in total. The van der Waals surface area contributed by atoms with Crippen molar-refractivity contribution in [2.24, 2.45) is 11.5 Å². The smallest absolute Gasteiger partial charge is 0.323 e. The first kappa shape index (κ1) is 13.0. The molecule has 1 rings (SSSR count). The van der Waals surface area contributed by atoms with E-state index in [0.717, 1.165) is 5.56 Å². The number of carbonyl (C=O) groups is 1. The Kier molecular flexibility index (Phi) is 3.69. The van der Waals surface area contributed by atoms with E-state index in [1.807, 2.05) is 0 Å². The molecule has 6 heteroatoms. The van der Waals surface area contributed by atoms with Crippen LogP contribution in [0.25, 0.3) is 0 Å². The van der Waals surface area contributed by atoms with Gasteiger partial charge in [-0.2, -0.15) is 0 Å². The summed E-state index contributed by atoms with van der Waals surface area (Å²) in [6.07, 6.45) is 0.239. The molecule has 0 aromatic heterocycles. The van der Waals surface area contributed by atoms with Crippen LogP contribution in [0.15, 0.2) is 24.3 Å². The number of carboxylic acids is 1. The van der Waals surface area contributed by atoms with Crippen molar-refractivity contribution in [3.63, 3.8) is 0 Å². The van der Waals surface area contributed by atoms with Crippen molar-refractivity contribution >= 4 is 17.6 Å². The molecule has 17 heavy (non-hydrogen) atoms. The Morgan fingerprint density at radius 3 is 2.41 bits per heavy atom. The number of carboxylic acid groups (broad SMARTS) is 1. The Morgan fingerprint density at radius 2 is 2.00 bits per heavy atom. The molecule has 0 unspecified atom stereocenters.